The lowest BCUT2D eigenvalue weighted by molar-refractivity contribution is -0.274. The van der Waals surface area contributed by atoms with Crippen molar-refractivity contribution in [2.24, 2.45) is 7.05 Å². The molecule has 5 rings (SSSR count). The number of ether oxygens (including phenoxy) is 1. The molecule has 47 heavy (non-hydrogen) atoms. The van der Waals surface area contributed by atoms with Crippen LogP contribution in [-0.4, -0.2) is 63.8 Å². The number of carbonyl (C=O) groups is 2. The Balaban J connectivity index is 1.36. The van der Waals surface area contributed by atoms with Crippen LogP contribution in [-0.2, 0) is 19.9 Å². The topological polar surface area (TPSA) is 113 Å². The molecule has 3 heterocycles. The van der Waals surface area contributed by atoms with Gasteiger partial charge in [0.2, 0.25) is 5.95 Å². The summed E-state index contributed by atoms with van der Waals surface area (Å²) in [5.74, 6) is -1.36. The van der Waals surface area contributed by atoms with Gasteiger partial charge in [-0.2, -0.15) is 0 Å². The number of likely N-dealkylation sites (tertiary alicyclic amines) is 1. The summed E-state index contributed by atoms with van der Waals surface area (Å²) in [6.07, 6.45) is 1.18. The number of aromatic nitrogens is 3. The van der Waals surface area contributed by atoms with E-state index in [0.717, 1.165) is 61.7 Å². The van der Waals surface area contributed by atoms with Crippen molar-refractivity contribution in [2.45, 2.75) is 51.9 Å². The Hall–Kier alpha value is -4.91. The number of nitrogens with one attached hydrogen (secondary N) is 3. The van der Waals surface area contributed by atoms with Crippen molar-refractivity contribution in [3.05, 3.63) is 83.2 Å². The summed E-state index contributed by atoms with van der Waals surface area (Å²) in [4.78, 5) is 37.0. The zero-order valence-electron chi connectivity index (χ0n) is 26.7. The van der Waals surface area contributed by atoms with Crippen LogP contribution in [0.1, 0.15) is 58.5 Å². The minimum Gasteiger partial charge on any atom is -0.404 e. The molecule has 4 aromatic rings. The van der Waals surface area contributed by atoms with E-state index in [1.165, 1.54) is 18.3 Å². The number of piperidine rings is 1. The Morgan fingerprint density at radius 2 is 1.66 bits per heavy atom. The first-order chi connectivity index (χ1) is 22.4. The molecule has 0 aliphatic carbocycles. The molecule has 13 heteroatoms. The van der Waals surface area contributed by atoms with Crippen molar-refractivity contribution in [3.63, 3.8) is 0 Å². The van der Waals surface area contributed by atoms with Gasteiger partial charge in [0.05, 0.1) is 22.6 Å². The smallest absolute Gasteiger partial charge is 0.404 e. The maximum Gasteiger partial charge on any atom is 0.573 e. The molecule has 0 saturated carbocycles. The number of rotatable bonds is 10. The molecule has 2 amide bonds. The standard InChI is InChI=1S/C34H38F3N7O3/c1-5-21-8-7-9-22(6-2)30(21)42-32(46)24-18-28(44(4)20-24)26-12-15-38-33(40-26)41-27-11-10-23(19-29(27)47-34(35,36)37)31(45)39-25-13-16-43(3)17-14-25/h7-12,15,18-20,25H,5-6,13-14,16-17H2,1-4H3,(H,39,45)(H,42,46)(H,38,40,41). The molecule has 10 nitrogen and oxygen atoms in total. The quantitative estimate of drug-likeness (QED) is 0.184. The van der Waals surface area contributed by atoms with Crippen LogP contribution in [0.2, 0.25) is 0 Å². The van der Waals surface area contributed by atoms with Crippen molar-refractivity contribution >= 4 is 29.1 Å². The third-order valence-corrected chi connectivity index (χ3v) is 8.19. The van der Waals surface area contributed by atoms with Gasteiger partial charge >= 0.3 is 6.36 Å². The highest BCUT2D eigenvalue weighted by Gasteiger charge is 2.33. The predicted molar refractivity (Wildman–Crippen MR) is 174 cm³/mol. The summed E-state index contributed by atoms with van der Waals surface area (Å²) in [6.45, 7) is 5.71. The molecule has 3 N–H and O–H groups in total. The van der Waals surface area contributed by atoms with Crippen molar-refractivity contribution in [3.8, 4) is 17.1 Å². The zero-order valence-corrected chi connectivity index (χ0v) is 26.7. The number of para-hydroxylation sites is 1. The van der Waals surface area contributed by atoms with Gasteiger partial charge in [-0.05, 0) is 87.3 Å². The number of benzene rings is 2. The Labute approximate surface area is 271 Å². The third kappa shape index (κ3) is 8.28. The van der Waals surface area contributed by atoms with Crippen LogP contribution < -0.4 is 20.7 Å². The first-order valence-corrected chi connectivity index (χ1v) is 15.5. The zero-order chi connectivity index (χ0) is 33.7. The van der Waals surface area contributed by atoms with E-state index in [1.54, 1.807) is 29.9 Å². The van der Waals surface area contributed by atoms with E-state index in [9.17, 15) is 22.8 Å². The molecule has 248 valence electrons. The Bertz CT molecular complexity index is 1720. The first kappa shape index (κ1) is 33.5. The summed E-state index contributed by atoms with van der Waals surface area (Å²) in [7, 11) is 3.76. The second-order valence-corrected chi connectivity index (χ2v) is 11.5. The lowest BCUT2D eigenvalue weighted by Crippen LogP contribution is -2.43. The number of hydrogen-bond acceptors (Lipinski definition) is 7. The van der Waals surface area contributed by atoms with Gasteiger partial charge in [-0.1, -0.05) is 32.0 Å². The van der Waals surface area contributed by atoms with Gasteiger partial charge in [0, 0.05) is 36.7 Å². The molecule has 1 fully saturated rings. The van der Waals surface area contributed by atoms with Gasteiger partial charge in [0.15, 0.2) is 5.75 Å². The molecule has 2 aromatic heterocycles. The normalized spacial score (nSPS) is 14.1. The number of hydrogen-bond donors (Lipinski definition) is 3. The number of aryl methyl sites for hydroxylation is 3. The Morgan fingerprint density at radius 3 is 2.32 bits per heavy atom. The fourth-order valence-corrected chi connectivity index (χ4v) is 5.61. The number of alkyl halides is 3. The van der Waals surface area contributed by atoms with Crippen molar-refractivity contribution < 1.29 is 27.5 Å². The lowest BCUT2D eigenvalue weighted by Gasteiger charge is -2.29. The van der Waals surface area contributed by atoms with Gasteiger partial charge in [0.25, 0.3) is 11.8 Å². The number of halogens is 3. The number of anilines is 3. The van der Waals surface area contributed by atoms with Crippen molar-refractivity contribution in [1.29, 1.82) is 0 Å². The van der Waals surface area contributed by atoms with Crippen LogP contribution in [0.4, 0.5) is 30.5 Å². The van der Waals surface area contributed by atoms with Crippen LogP contribution in [0, 0.1) is 0 Å². The fraction of sp³-hybridized carbons (Fsp3) is 0.353. The summed E-state index contributed by atoms with van der Waals surface area (Å²) >= 11 is 0. The number of amides is 2. The molecule has 0 bridgehead atoms. The lowest BCUT2D eigenvalue weighted by atomic mass is 10.0. The minimum atomic E-state index is -5.00. The van der Waals surface area contributed by atoms with Gasteiger partial charge in [-0.15, -0.1) is 13.2 Å². The summed E-state index contributed by atoms with van der Waals surface area (Å²) in [6, 6.07) is 13.0. The summed E-state index contributed by atoms with van der Waals surface area (Å²) < 4.78 is 46.2. The molecule has 0 spiro atoms. The van der Waals surface area contributed by atoms with E-state index in [1.807, 2.05) is 39.1 Å². The highest BCUT2D eigenvalue weighted by Crippen LogP contribution is 2.33. The minimum absolute atomic E-state index is 0.00489. The van der Waals surface area contributed by atoms with Gasteiger partial charge in [-0.25, -0.2) is 9.97 Å². The van der Waals surface area contributed by atoms with Crippen LogP contribution in [0.5, 0.6) is 5.75 Å². The maximum atomic E-state index is 13.4. The Kier molecular flexibility index (Phi) is 10.1. The van der Waals surface area contributed by atoms with Gasteiger partial charge < -0.3 is 30.2 Å². The van der Waals surface area contributed by atoms with Gasteiger partial charge in [0.1, 0.15) is 0 Å². The van der Waals surface area contributed by atoms with Crippen LogP contribution in [0.3, 0.4) is 0 Å². The first-order valence-electron chi connectivity index (χ1n) is 15.5. The second-order valence-electron chi connectivity index (χ2n) is 11.5. The van der Waals surface area contributed by atoms with E-state index in [0.29, 0.717) is 17.0 Å². The molecular formula is C34H38F3N7O3. The molecule has 2 aromatic carbocycles. The second kappa shape index (κ2) is 14.2. The highest BCUT2D eigenvalue weighted by atomic mass is 19.4. The van der Waals surface area contributed by atoms with E-state index in [2.05, 4.69) is 35.6 Å². The van der Waals surface area contributed by atoms with E-state index in [-0.39, 0.29) is 29.1 Å². The van der Waals surface area contributed by atoms with Crippen LogP contribution >= 0.6 is 0 Å². The molecule has 0 atom stereocenters. The van der Waals surface area contributed by atoms with E-state index >= 15 is 0 Å². The molecular weight excluding hydrogens is 611 g/mol. The largest absolute Gasteiger partial charge is 0.573 e. The van der Waals surface area contributed by atoms with Crippen LogP contribution in [0.25, 0.3) is 11.4 Å². The number of nitrogens with zero attached hydrogens (tertiary/aromatic N) is 4. The molecule has 0 unspecified atom stereocenters. The fourth-order valence-electron chi connectivity index (χ4n) is 5.61. The van der Waals surface area contributed by atoms with Gasteiger partial charge in [-0.3, -0.25) is 9.59 Å². The van der Waals surface area contributed by atoms with E-state index in [4.69, 9.17) is 0 Å². The SMILES string of the molecule is CCc1cccc(CC)c1NC(=O)c1cc(-c2ccnc(Nc3ccc(C(=O)NC4CCN(C)CC4)cc3OC(F)(F)F)n2)n(C)c1. The average molecular weight is 650 g/mol. The maximum absolute atomic E-state index is 13.4. The Morgan fingerprint density at radius 1 is 0.957 bits per heavy atom. The highest BCUT2D eigenvalue weighted by molar-refractivity contribution is 6.05. The average Bonchev–Trinajstić information content (AvgIpc) is 3.44. The number of carbonyl (C=O) groups excluding carboxylic acids is 2. The summed E-state index contributed by atoms with van der Waals surface area (Å²) in [5.41, 5.74) is 4.28. The molecule has 1 aliphatic rings. The molecule has 0 radical (unpaired) electrons. The molecule has 1 aliphatic heterocycles. The monoisotopic (exact) mass is 649 g/mol. The van der Waals surface area contributed by atoms with Crippen molar-refractivity contribution in [2.75, 3.05) is 30.8 Å². The molecule has 1 saturated heterocycles. The van der Waals surface area contributed by atoms with E-state index < -0.39 is 18.0 Å². The predicted octanol–water partition coefficient (Wildman–Crippen LogP) is 6.33. The van der Waals surface area contributed by atoms with Crippen molar-refractivity contribution in [1.82, 2.24) is 24.8 Å². The summed E-state index contributed by atoms with van der Waals surface area (Å²) in [5, 5.41) is 8.76. The third-order valence-electron chi connectivity index (χ3n) is 8.19. The van der Waals surface area contributed by atoms with Crippen LogP contribution in [0.15, 0.2) is 60.9 Å².